The molecule has 1 aliphatic rings. The summed E-state index contributed by atoms with van der Waals surface area (Å²) in [6.07, 6.45) is 1.09. The third-order valence-electron chi connectivity index (χ3n) is 5.88. The van der Waals surface area contributed by atoms with Crippen LogP contribution in [0.5, 0.6) is 0 Å². The molecule has 0 fully saturated rings. The number of nitrogens with zero attached hydrogens (tertiary/aromatic N) is 1. The SMILES string of the molecule is CCCN(CCC)C(=O)[C@@H]1OC(C(=O)OC(c2ccccc2)c2ccccc2)=C[C@H](N)[C@H]1NC(C)=O. The van der Waals surface area contributed by atoms with Gasteiger partial charge in [0.25, 0.3) is 5.91 Å². The molecule has 0 unspecified atom stereocenters. The molecule has 1 aliphatic heterocycles. The number of carbonyl (C=O) groups is 3. The molecule has 0 saturated heterocycles. The molecule has 0 bridgehead atoms. The highest BCUT2D eigenvalue weighted by atomic mass is 16.6. The van der Waals surface area contributed by atoms with Crippen LogP contribution >= 0.6 is 0 Å². The van der Waals surface area contributed by atoms with Crippen molar-refractivity contribution < 1.29 is 23.9 Å². The topological polar surface area (TPSA) is 111 Å². The van der Waals surface area contributed by atoms with E-state index in [1.807, 2.05) is 74.5 Å². The third-order valence-corrected chi connectivity index (χ3v) is 5.88. The maximum Gasteiger partial charge on any atom is 0.374 e. The van der Waals surface area contributed by atoms with Crippen molar-refractivity contribution >= 4 is 17.8 Å². The van der Waals surface area contributed by atoms with E-state index in [1.165, 1.54) is 13.0 Å². The van der Waals surface area contributed by atoms with Crippen molar-refractivity contribution in [2.24, 2.45) is 5.73 Å². The smallest absolute Gasteiger partial charge is 0.374 e. The van der Waals surface area contributed by atoms with Crippen LogP contribution in [0.2, 0.25) is 0 Å². The maximum atomic E-state index is 13.5. The van der Waals surface area contributed by atoms with Gasteiger partial charge in [-0.05, 0) is 30.0 Å². The average molecular weight is 494 g/mol. The van der Waals surface area contributed by atoms with E-state index in [1.54, 1.807) is 4.90 Å². The highest BCUT2D eigenvalue weighted by Gasteiger charge is 2.42. The van der Waals surface area contributed by atoms with Gasteiger partial charge in [0.1, 0.15) is 0 Å². The van der Waals surface area contributed by atoms with E-state index in [-0.39, 0.29) is 17.6 Å². The highest BCUT2D eigenvalue weighted by Crippen LogP contribution is 2.29. The van der Waals surface area contributed by atoms with Crippen LogP contribution in [0, 0.1) is 0 Å². The lowest BCUT2D eigenvalue weighted by Crippen LogP contribution is -2.61. The van der Waals surface area contributed by atoms with Crippen LogP contribution in [0.4, 0.5) is 0 Å². The molecular weight excluding hydrogens is 458 g/mol. The summed E-state index contributed by atoms with van der Waals surface area (Å²) in [5.74, 6) is -1.55. The first kappa shape index (κ1) is 26.9. The Kier molecular flexibility index (Phi) is 9.64. The number of rotatable bonds is 10. The minimum atomic E-state index is -1.15. The zero-order valence-electron chi connectivity index (χ0n) is 21.1. The van der Waals surface area contributed by atoms with Crippen molar-refractivity contribution in [3.63, 3.8) is 0 Å². The van der Waals surface area contributed by atoms with Gasteiger partial charge in [-0.3, -0.25) is 9.59 Å². The van der Waals surface area contributed by atoms with Crippen LogP contribution in [0.15, 0.2) is 72.5 Å². The summed E-state index contributed by atoms with van der Waals surface area (Å²) >= 11 is 0. The second-order valence-electron chi connectivity index (χ2n) is 8.81. The molecular formula is C28H35N3O5. The van der Waals surface area contributed by atoms with Gasteiger partial charge < -0.3 is 25.4 Å². The summed E-state index contributed by atoms with van der Waals surface area (Å²) in [5, 5.41) is 2.72. The fraction of sp³-hybridized carbons (Fsp3) is 0.393. The van der Waals surface area contributed by atoms with Gasteiger partial charge in [-0.15, -0.1) is 0 Å². The Labute approximate surface area is 212 Å². The summed E-state index contributed by atoms with van der Waals surface area (Å²) in [7, 11) is 0. The number of esters is 1. The van der Waals surface area contributed by atoms with Gasteiger partial charge in [-0.25, -0.2) is 4.79 Å². The molecule has 1 heterocycles. The molecule has 3 N–H and O–H groups in total. The van der Waals surface area contributed by atoms with Gasteiger partial charge in [0.2, 0.25) is 11.7 Å². The third kappa shape index (κ3) is 6.73. The zero-order valence-corrected chi connectivity index (χ0v) is 21.1. The molecule has 8 nitrogen and oxygen atoms in total. The van der Waals surface area contributed by atoms with Crippen molar-refractivity contribution in [1.82, 2.24) is 10.2 Å². The number of amides is 2. The van der Waals surface area contributed by atoms with E-state index >= 15 is 0 Å². The molecule has 2 aromatic carbocycles. The van der Waals surface area contributed by atoms with E-state index in [0.717, 1.165) is 24.0 Å². The summed E-state index contributed by atoms with van der Waals surface area (Å²) in [6.45, 7) is 6.36. The fourth-order valence-electron chi connectivity index (χ4n) is 4.26. The summed E-state index contributed by atoms with van der Waals surface area (Å²) < 4.78 is 11.9. The highest BCUT2D eigenvalue weighted by molar-refractivity contribution is 5.90. The Bertz CT molecular complexity index is 1010. The molecule has 2 amide bonds. The van der Waals surface area contributed by atoms with E-state index in [9.17, 15) is 14.4 Å². The molecule has 192 valence electrons. The molecule has 0 saturated carbocycles. The Morgan fingerprint density at radius 3 is 1.97 bits per heavy atom. The van der Waals surface area contributed by atoms with E-state index in [0.29, 0.717) is 13.1 Å². The van der Waals surface area contributed by atoms with Crippen molar-refractivity contribution in [3.05, 3.63) is 83.6 Å². The minimum absolute atomic E-state index is 0.146. The summed E-state index contributed by atoms with van der Waals surface area (Å²) in [5.41, 5.74) is 7.92. The van der Waals surface area contributed by atoms with E-state index in [2.05, 4.69) is 5.32 Å². The molecule has 0 spiro atoms. The van der Waals surface area contributed by atoms with Crippen molar-refractivity contribution in [2.45, 2.75) is 57.9 Å². The number of nitrogens with one attached hydrogen (secondary N) is 1. The molecule has 0 radical (unpaired) electrons. The lowest BCUT2D eigenvalue weighted by atomic mass is 9.97. The molecule has 8 heteroatoms. The van der Waals surface area contributed by atoms with Crippen LogP contribution in [0.3, 0.4) is 0 Å². The van der Waals surface area contributed by atoms with Gasteiger partial charge >= 0.3 is 5.97 Å². The maximum absolute atomic E-state index is 13.5. The summed E-state index contributed by atoms with van der Waals surface area (Å²) in [4.78, 5) is 40.3. The van der Waals surface area contributed by atoms with Gasteiger partial charge in [-0.2, -0.15) is 0 Å². The molecule has 3 atom stereocenters. The molecule has 36 heavy (non-hydrogen) atoms. The zero-order chi connectivity index (χ0) is 26.1. The van der Waals surface area contributed by atoms with Crippen LogP contribution < -0.4 is 11.1 Å². The van der Waals surface area contributed by atoms with Crippen LogP contribution in [0.25, 0.3) is 0 Å². The fourth-order valence-corrected chi connectivity index (χ4v) is 4.26. The first-order valence-electron chi connectivity index (χ1n) is 12.4. The number of hydrogen-bond donors (Lipinski definition) is 2. The number of carbonyl (C=O) groups excluding carboxylic acids is 3. The lowest BCUT2D eigenvalue weighted by Gasteiger charge is -2.37. The molecule has 0 aliphatic carbocycles. The number of ether oxygens (including phenoxy) is 2. The van der Waals surface area contributed by atoms with Gasteiger partial charge in [0.15, 0.2) is 12.2 Å². The Morgan fingerprint density at radius 1 is 0.972 bits per heavy atom. The van der Waals surface area contributed by atoms with Gasteiger partial charge in [-0.1, -0.05) is 74.5 Å². The van der Waals surface area contributed by atoms with E-state index in [4.69, 9.17) is 15.2 Å². The lowest BCUT2D eigenvalue weighted by molar-refractivity contribution is -0.154. The average Bonchev–Trinajstić information content (AvgIpc) is 2.88. The van der Waals surface area contributed by atoms with Crippen LogP contribution in [-0.2, 0) is 23.9 Å². The molecule has 3 rings (SSSR count). The van der Waals surface area contributed by atoms with Gasteiger partial charge in [0.05, 0.1) is 12.1 Å². The second kappa shape index (κ2) is 12.9. The Morgan fingerprint density at radius 2 is 1.50 bits per heavy atom. The predicted octanol–water partition coefficient (Wildman–Crippen LogP) is 3.08. The van der Waals surface area contributed by atoms with E-state index < -0.39 is 30.3 Å². The number of benzene rings is 2. The first-order valence-corrected chi connectivity index (χ1v) is 12.4. The van der Waals surface area contributed by atoms with Gasteiger partial charge in [0, 0.05) is 20.0 Å². The number of nitrogens with two attached hydrogens (primary N) is 1. The van der Waals surface area contributed by atoms with Crippen LogP contribution in [0.1, 0.15) is 50.8 Å². The normalized spacial score (nSPS) is 19.1. The van der Waals surface area contributed by atoms with Crippen LogP contribution in [-0.4, -0.2) is 54.0 Å². The first-order chi connectivity index (χ1) is 17.3. The van der Waals surface area contributed by atoms with Crippen molar-refractivity contribution in [1.29, 1.82) is 0 Å². The molecule has 0 aromatic heterocycles. The Hall–Kier alpha value is -3.65. The standard InChI is InChI=1S/C28H35N3O5/c1-4-16-31(17-5-2)27(33)26-24(30-19(3)32)22(29)18-23(35-26)28(34)36-25(20-12-8-6-9-13-20)21-14-10-7-11-15-21/h6-15,18,22,24-26H,4-5,16-17,29H2,1-3H3,(H,30,32)/t22-,24+,26+/m0/s1. The number of hydrogen-bond acceptors (Lipinski definition) is 6. The van der Waals surface area contributed by atoms with Crippen molar-refractivity contribution in [3.8, 4) is 0 Å². The quantitative estimate of drug-likeness (QED) is 0.492. The monoisotopic (exact) mass is 493 g/mol. The predicted molar refractivity (Wildman–Crippen MR) is 137 cm³/mol. The minimum Gasteiger partial charge on any atom is -0.471 e. The second-order valence-corrected chi connectivity index (χ2v) is 8.81. The Balaban J connectivity index is 1.90. The molecule has 2 aromatic rings. The summed E-state index contributed by atoms with van der Waals surface area (Å²) in [6, 6.07) is 17.1. The van der Waals surface area contributed by atoms with Crippen molar-refractivity contribution in [2.75, 3.05) is 13.1 Å². The largest absolute Gasteiger partial charge is 0.471 e.